The summed E-state index contributed by atoms with van der Waals surface area (Å²) in [6.07, 6.45) is -4.87. The molecule has 0 aliphatic carbocycles. The molecule has 140 valence electrons. The van der Waals surface area contributed by atoms with E-state index in [4.69, 9.17) is 0 Å². The highest BCUT2D eigenvalue weighted by Gasteiger charge is 2.31. The van der Waals surface area contributed by atoms with Crippen molar-refractivity contribution in [1.82, 2.24) is 0 Å². The molecule has 0 unspecified atom stereocenters. The van der Waals surface area contributed by atoms with Gasteiger partial charge in [-0.25, -0.2) is 13.2 Å². The summed E-state index contributed by atoms with van der Waals surface area (Å²) in [5.41, 5.74) is 0.825. The molecule has 2 aromatic carbocycles. The highest BCUT2D eigenvalue weighted by atomic mass is 32.2. The first-order valence-electron chi connectivity index (χ1n) is 7.09. The number of nitrogens with one attached hydrogen (secondary N) is 1. The van der Waals surface area contributed by atoms with E-state index in [9.17, 15) is 26.4 Å². The molecule has 0 saturated heterocycles. The van der Waals surface area contributed by atoms with Crippen LogP contribution in [-0.2, 0) is 14.8 Å². The minimum absolute atomic E-state index is 0.142. The quantitative estimate of drug-likeness (QED) is 0.792. The van der Waals surface area contributed by atoms with Gasteiger partial charge in [-0.2, -0.15) is 0 Å². The first kappa shape index (κ1) is 19.6. The molecule has 0 spiro atoms. The van der Waals surface area contributed by atoms with Gasteiger partial charge in [-0.3, -0.25) is 4.72 Å². The Morgan fingerprint density at radius 2 is 1.69 bits per heavy atom. The number of aryl methyl sites for hydroxylation is 1. The minimum Gasteiger partial charge on any atom is -0.465 e. The second-order valence-corrected chi connectivity index (χ2v) is 6.83. The van der Waals surface area contributed by atoms with Crippen LogP contribution in [0.25, 0.3) is 0 Å². The molecule has 1 N–H and O–H groups in total. The SMILES string of the molecule is COC(=O)c1ccc(C)c(NS(=O)(=O)c2ccc(OC(F)(F)F)cc2)c1. The van der Waals surface area contributed by atoms with E-state index in [0.717, 1.165) is 24.3 Å². The fraction of sp³-hybridized carbons (Fsp3) is 0.188. The molecule has 0 amide bonds. The summed E-state index contributed by atoms with van der Waals surface area (Å²) in [5, 5.41) is 0. The van der Waals surface area contributed by atoms with Gasteiger partial charge in [0.15, 0.2) is 0 Å². The molecular weight excluding hydrogens is 375 g/mol. The fourth-order valence-corrected chi connectivity index (χ4v) is 3.12. The number of halogens is 3. The number of alkyl halides is 3. The highest BCUT2D eigenvalue weighted by Crippen LogP contribution is 2.26. The molecule has 0 heterocycles. The lowest BCUT2D eigenvalue weighted by Crippen LogP contribution is -2.17. The number of carbonyl (C=O) groups excluding carboxylic acids is 1. The van der Waals surface area contributed by atoms with Crippen LogP contribution in [0.3, 0.4) is 0 Å². The van der Waals surface area contributed by atoms with E-state index in [0.29, 0.717) is 5.56 Å². The van der Waals surface area contributed by atoms with Crippen LogP contribution in [0, 0.1) is 6.92 Å². The van der Waals surface area contributed by atoms with Crippen molar-refractivity contribution < 1.29 is 35.9 Å². The van der Waals surface area contributed by atoms with E-state index in [1.54, 1.807) is 6.92 Å². The normalized spacial score (nSPS) is 11.7. The molecule has 0 atom stereocenters. The van der Waals surface area contributed by atoms with Gasteiger partial charge in [0.1, 0.15) is 5.75 Å². The predicted molar refractivity (Wildman–Crippen MR) is 86.5 cm³/mol. The van der Waals surface area contributed by atoms with Gasteiger partial charge in [-0.05, 0) is 48.9 Å². The number of benzene rings is 2. The van der Waals surface area contributed by atoms with Crippen LogP contribution in [0.4, 0.5) is 18.9 Å². The summed E-state index contributed by atoms with van der Waals surface area (Å²) < 4.78 is 71.8. The van der Waals surface area contributed by atoms with Gasteiger partial charge >= 0.3 is 12.3 Å². The van der Waals surface area contributed by atoms with Crippen LogP contribution < -0.4 is 9.46 Å². The maximum atomic E-state index is 12.4. The van der Waals surface area contributed by atoms with Crippen LogP contribution in [0.15, 0.2) is 47.4 Å². The summed E-state index contributed by atoms with van der Waals surface area (Å²) in [7, 11) is -2.89. The largest absolute Gasteiger partial charge is 0.573 e. The molecule has 0 bridgehead atoms. The molecular formula is C16H14F3NO5S. The Morgan fingerprint density at radius 1 is 1.08 bits per heavy atom. The number of anilines is 1. The average Bonchev–Trinajstić information content (AvgIpc) is 2.55. The van der Waals surface area contributed by atoms with E-state index < -0.39 is 28.1 Å². The average molecular weight is 389 g/mol. The van der Waals surface area contributed by atoms with E-state index >= 15 is 0 Å². The Morgan fingerprint density at radius 3 is 2.23 bits per heavy atom. The smallest absolute Gasteiger partial charge is 0.465 e. The Labute approximate surface area is 147 Å². The number of sulfonamides is 1. The van der Waals surface area contributed by atoms with Crippen molar-refractivity contribution in [2.24, 2.45) is 0 Å². The molecule has 10 heteroatoms. The first-order chi connectivity index (χ1) is 12.0. The number of ether oxygens (including phenoxy) is 2. The minimum atomic E-state index is -4.87. The third kappa shape index (κ3) is 4.88. The topological polar surface area (TPSA) is 81.7 Å². The molecule has 6 nitrogen and oxygen atoms in total. The lowest BCUT2D eigenvalue weighted by molar-refractivity contribution is -0.274. The Bertz CT molecular complexity index is 908. The van der Waals surface area contributed by atoms with Crippen LogP contribution >= 0.6 is 0 Å². The maximum absolute atomic E-state index is 12.4. The lowest BCUT2D eigenvalue weighted by Gasteiger charge is -2.13. The van der Waals surface area contributed by atoms with Gasteiger partial charge in [0.25, 0.3) is 10.0 Å². The van der Waals surface area contributed by atoms with Gasteiger partial charge < -0.3 is 9.47 Å². The van der Waals surface area contributed by atoms with E-state index in [1.165, 1.54) is 25.3 Å². The summed E-state index contributed by atoms with van der Waals surface area (Å²) in [5.74, 6) is -1.18. The molecule has 0 aliphatic rings. The number of hydrogen-bond acceptors (Lipinski definition) is 5. The molecule has 2 aromatic rings. The number of carbonyl (C=O) groups is 1. The lowest BCUT2D eigenvalue weighted by atomic mass is 10.1. The maximum Gasteiger partial charge on any atom is 0.573 e. The first-order valence-corrected chi connectivity index (χ1v) is 8.58. The van der Waals surface area contributed by atoms with Gasteiger partial charge in [0, 0.05) is 0 Å². The van der Waals surface area contributed by atoms with Crippen LogP contribution in [0.2, 0.25) is 0 Å². The van der Waals surface area contributed by atoms with Crippen molar-refractivity contribution in [2.45, 2.75) is 18.2 Å². The number of rotatable bonds is 5. The number of hydrogen-bond donors (Lipinski definition) is 1. The van der Waals surface area contributed by atoms with E-state index in [-0.39, 0.29) is 16.1 Å². The van der Waals surface area contributed by atoms with Gasteiger partial charge in [-0.1, -0.05) is 6.07 Å². The standard InChI is InChI=1S/C16H14F3NO5S/c1-10-3-4-11(15(21)24-2)9-14(10)20-26(22,23)13-7-5-12(6-8-13)25-16(17,18)19/h3-9,20H,1-2H3. The zero-order valence-corrected chi connectivity index (χ0v) is 14.4. The number of methoxy groups -OCH3 is 1. The van der Waals surface area contributed by atoms with Crippen molar-refractivity contribution in [3.8, 4) is 5.75 Å². The summed E-state index contributed by atoms with van der Waals surface area (Å²) in [6.45, 7) is 1.62. The van der Waals surface area contributed by atoms with Crippen LogP contribution in [-0.4, -0.2) is 27.9 Å². The Kier molecular flexibility index (Phi) is 5.45. The van der Waals surface area contributed by atoms with Crippen LogP contribution in [0.5, 0.6) is 5.75 Å². The second kappa shape index (κ2) is 7.24. The zero-order chi connectivity index (χ0) is 19.5. The third-order valence-electron chi connectivity index (χ3n) is 3.27. The van der Waals surface area contributed by atoms with Gasteiger partial charge in [0.2, 0.25) is 0 Å². The molecule has 0 radical (unpaired) electrons. The highest BCUT2D eigenvalue weighted by molar-refractivity contribution is 7.92. The van der Waals surface area contributed by atoms with Crippen molar-refractivity contribution in [3.05, 3.63) is 53.6 Å². The summed E-state index contributed by atoms with van der Waals surface area (Å²) in [4.78, 5) is 11.3. The van der Waals surface area contributed by atoms with Crippen molar-refractivity contribution in [1.29, 1.82) is 0 Å². The van der Waals surface area contributed by atoms with Crippen molar-refractivity contribution in [3.63, 3.8) is 0 Å². The second-order valence-electron chi connectivity index (χ2n) is 5.15. The molecule has 0 aromatic heterocycles. The van der Waals surface area contributed by atoms with Gasteiger partial charge in [-0.15, -0.1) is 13.2 Å². The summed E-state index contributed by atoms with van der Waals surface area (Å²) >= 11 is 0. The molecule has 0 aliphatic heterocycles. The fourth-order valence-electron chi connectivity index (χ4n) is 2.00. The monoisotopic (exact) mass is 389 g/mol. The molecule has 0 saturated carbocycles. The van der Waals surface area contributed by atoms with Crippen molar-refractivity contribution in [2.75, 3.05) is 11.8 Å². The Hall–Kier alpha value is -2.75. The predicted octanol–water partition coefficient (Wildman–Crippen LogP) is 3.48. The van der Waals surface area contributed by atoms with Crippen molar-refractivity contribution >= 4 is 21.7 Å². The van der Waals surface area contributed by atoms with E-state index in [2.05, 4.69) is 14.2 Å². The molecule has 2 rings (SSSR count). The van der Waals surface area contributed by atoms with Gasteiger partial charge in [0.05, 0.1) is 23.3 Å². The zero-order valence-electron chi connectivity index (χ0n) is 13.6. The molecule has 0 fully saturated rings. The van der Waals surface area contributed by atoms with E-state index in [1.807, 2.05) is 0 Å². The summed E-state index contributed by atoms with van der Waals surface area (Å²) in [6, 6.07) is 8.04. The third-order valence-corrected chi connectivity index (χ3v) is 4.65. The van der Waals surface area contributed by atoms with Crippen LogP contribution in [0.1, 0.15) is 15.9 Å². The molecule has 26 heavy (non-hydrogen) atoms. The number of esters is 1. The Balaban J connectivity index is 2.27.